The van der Waals surface area contributed by atoms with E-state index < -0.39 is 0 Å². The van der Waals surface area contributed by atoms with E-state index in [1.807, 2.05) is 11.9 Å². The molecule has 1 aromatic carbocycles. The number of amides is 1. The quantitative estimate of drug-likeness (QED) is 0.817. The summed E-state index contributed by atoms with van der Waals surface area (Å²) in [5, 5.41) is 3.27. The molecule has 0 aliphatic heterocycles. The lowest BCUT2D eigenvalue weighted by Gasteiger charge is -2.34. The number of carbonyl (C=O) groups excluding carboxylic acids is 1. The maximum absolute atomic E-state index is 12.0. The molecule has 3 N–H and O–H groups in total. The van der Waals surface area contributed by atoms with Crippen molar-refractivity contribution < 1.29 is 4.79 Å². The highest BCUT2D eigenvalue weighted by molar-refractivity contribution is 6.33. The molecule has 0 saturated carbocycles. The molecule has 106 valence electrons. The van der Waals surface area contributed by atoms with Crippen LogP contribution in [0.4, 0.5) is 11.4 Å². The summed E-state index contributed by atoms with van der Waals surface area (Å²) in [5.41, 5.74) is 6.78. The smallest absolute Gasteiger partial charge is 0.238 e. The fourth-order valence-corrected chi connectivity index (χ4v) is 1.69. The molecule has 1 aromatic rings. The zero-order valence-corrected chi connectivity index (χ0v) is 12.7. The first-order valence-electron chi connectivity index (χ1n) is 6.32. The summed E-state index contributed by atoms with van der Waals surface area (Å²) in [6.07, 6.45) is 0.968. The number of nitrogens with zero attached hydrogens (tertiary/aromatic N) is 1. The van der Waals surface area contributed by atoms with Gasteiger partial charge < -0.3 is 11.1 Å². The van der Waals surface area contributed by atoms with Crippen molar-refractivity contribution in [3.63, 3.8) is 0 Å². The molecule has 19 heavy (non-hydrogen) atoms. The van der Waals surface area contributed by atoms with Crippen LogP contribution in [0.15, 0.2) is 18.2 Å². The Morgan fingerprint density at radius 2 is 2.11 bits per heavy atom. The topological polar surface area (TPSA) is 58.4 Å². The molecule has 1 rings (SSSR count). The average molecular weight is 284 g/mol. The van der Waals surface area contributed by atoms with Crippen LogP contribution in [-0.4, -0.2) is 29.9 Å². The van der Waals surface area contributed by atoms with Crippen LogP contribution in [0.3, 0.4) is 0 Å². The van der Waals surface area contributed by atoms with Crippen molar-refractivity contribution >= 4 is 28.9 Å². The Kier molecular flexibility index (Phi) is 5.20. The van der Waals surface area contributed by atoms with E-state index in [1.54, 1.807) is 18.2 Å². The van der Waals surface area contributed by atoms with Crippen molar-refractivity contribution in [1.82, 2.24) is 4.90 Å². The summed E-state index contributed by atoms with van der Waals surface area (Å²) in [5.74, 6) is -0.100. The van der Waals surface area contributed by atoms with E-state index in [1.165, 1.54) is 0 Å². The van der Waals surface area contributed by atoms with Crippen LogP contribution < -0.4 is 11.1 Å². The van der Waals surface area contributed by atoms with E-state index >= 15 is 0 Å². The summed E-state index contributed by atoms with van der Waals surface area (Å²) in [4.78, 5) is 14.0. The number of nitrogens with one attached hydrogen (secondary N) is 1. The fraction of sp³-hybridized carbons (Fsp3) is 0.500. The SMILES string of the molecule is CCC(C)(C)N(C)CC(=O)Nc1cc(N)ccc1Cl. The molecule has 0 spiro atoms. The Bertz CT molecular complexity index is 460. The van der Waals surface area contributed by atoms with Crippen molar-refractivity contribution in [2.45, 2.75) is 32.7 Å². The van der Waals surface area contributed by atoms with Crippen LogP contribution in [0.2, 0.25) is 5.02 Å². The predicted octanol–water partition coefficient (Wildman–Crippen LogP) is 2.98. The van der Waals surface area contributed by atoms with Crippen molar-refractivity contribution in [3.05, 3.63) is 23.2 Å². The van der Waals surface area contributed by atoms with Gasteiger partial charge in [0.15, 0.2) is 0 Å². The summed E-state index contributed by atoms with van der Waals surface area (Å²) in [7, 11) is 1.93. The first-order valence-corrected chi connectivity index (χ1v) is 6.70. The summed E-state index contributed by atoms with van der Waals surface area (Å²) in [6, 6.07) is 5.03. The molecule has 0 heterocycles. The van der Waals surface area contributed by atoms with Crippen LogP contribution >= 0.6 is 11.6 Å². The van der Waals surface area contributed by atoms with Crippen molar-refractivity contribution in [2.75, 3.05) is 24.6 Å². The lowest BCUT2D eigenvalue weighted by molar-refractivity contribution is -0.118. The third-order valence-electron chi connectivity index (χ3n) is 3.54. The monoisotopic (exact) mass is 283 g/mol. The van der Waals surface area contributed by atoms with E-state index in [0.29, 0.717) is 22.9 Å². The van der Waals surface area contributed by atoms with Gasteiger partial charge in [-0.25, -0.2) is 0 Å². The van der Waals surface area contributed by atoms with Gasteiger partial charge in [0, 0.05) is 11.2 Å². The van der Waals surface area contributed by atoms with Crippen molar-refractivity contribution in [3.8, 4) is 0 Å². The molecule has 0 saturated heterocycles. The molecule has 0 radical (unpaired) electrons. The highest BCUT2D eigenvalue weighted by Gasteiger charge is 2.23. The first kappa shape index (κ1) is 15.8. The van der Waals surface area contributed by atoms with Crippen LogP contribution in [0.1, 0.15) is 27.2 Å². The Morgan fingerprint density at radius 1 is 1.47 bits per heavy atom. The maximum atomic E-state index is 12.0. The minimum atomic E-state index is -0.100. The number of anilines is 2. The zero-order chi connectivity index (χ0) is 14.6. The van der Waals surface area contributed by atoms with Gasteiger partial charge in [-0.15, -0.1) is 0 Å². The van der Waals surface area contributed by atoms with Gasteiger partial charge in [0.1, 0.15) is 0 Å². The number of halogens is 1. The van der Waals surface area contributed by atoms with Gasteiger partial charge in [-0.1, -0.05) is 18.5 Å². The number of nitrogens with two attached hydrogens (primary N) is 1. The minimum absolute atomic E-state index is 0.0170. The van der Waals surface area contributed by atoms with Crippen molar-refractivity contribution in [2.24, 2.45) is 0 Å². The van der Waals surface area contributed by atoms with Crippen LogP contribution in [0.5, 0.6) is 0 Å². The third-order valence-corrected chi connectivity index (χ3v) is 3.87. The van der Waals surface area contributed by atoms with Gasteiger partial charge >= 0.3 is 0 Å². The predicted molar refractivity (Wildman–Crippen MR) is 81.5 cm³/mol. The highest BCUT2D eigenvalue weighted by Crippen LogP contribution is 2.24. The Labute approximate surface area is 119 Å². The minimum Gasteiger partial charge on any atom is -0.399 e. The second-order valence-electron chi connectivity index (χ2n) is 5.31. The normalized spacial score (nSPS) is 11.7. The van der Waals surface area contributed by atoms with Gasteiger partial charge in [-0.2, -0.15) is 0 Å². The summed E-state index contributed by atoms with van der Waals surface area (Å²) in [6.45, 7) is 6.62. The number of likely N-dealkylation sites (N-methyl/N-ethyl adjacent to an activating group) is 1. The molecule has 0 unspecified atom stereocenters. The van der Waals surface area contributed by atoms with Gasteiger partial charge in [-0.05, 0) is 45.5 Å². The maximum Gasteiger partial charge on any atom is 0.238 e. The molecular formula is C14H22ClN3O. The van der Waals surface area contributed by atoms with Crippen LogP contribution in [0.25, 0.3) is 0 Å². The fourth-order valence-electron chi connectivity index (χ4n) is 1.53. The molecule has 4 nitrogen and oxygen atoms in total. The molecule has 5 heteroatoms. The lowest BCUT2D eigenvalue weighted by Crippen LogP contribution is -2.44. The van der Waals surface area contributed by atoms with E-state index in [2.05, 4.69) is 26.1 Å². The van der Waals surface area contributed by atoms with Gasteiger partial charge in [0.2, 0.25) is 5.91 Å². The number of nitrogen functional groups attached to an aromatic ring is 1. The molecule has 0 aliphatic carbocycles. The number of rotatable bonds is 5. The van der Waals surface area contributed by atoms with E-state index in [4.69, 9.17) is 17.3 Å². The van der Waals surface area contributed by atoms with Crippen molar-refractivity contribution in [1.29, 1.82) is 0 Å². The van der Waals surface area contributed by atoms with Gasteiger partial charge in [-0.3, -0.25) is 9.69 Å². The Hall–Kier alpha value is -1.26. The van der Waals surface area contributed by atoms with E-state index in [-0.39, 0.29) is 11.4 Å². The molecule has 0 aromatic heterocycles. The molecule has 1 amide bonds. The van der Waals surface area contributed by atoms with Crippen LogP contribution in [-0.2, 0) is 4.79 Å². The standard InChI is InChI=1S/C14H22ClN3O/c1-5-14(2,3)18(4)9-13(19)17-12-8-10(16)6-7-11(12)15/h6-8H,5,9,16H2,1-4H3,(H,17,19). The number of hydrogen-bond acceptors (Lipinski definition) is 3. The van der Waals surface area contributed by atoms with E-state index in [9.17, 15) is 4.79 Å². The second kappa shape index (κ2) is 6.26. The average Bonchev–Trinajstić information content (AvgIpc) is 2.33. The summed E-state index contributed by atoms with van der Waals surface area (Å²) >= 11 is 6.01. The molecule has 0 aliphatic rings. The second-order valence-corrected chi connectivity index (χ2v) is 5.72. The molecule has 0 atom stereocenters. The number of hydrogen-bond donors (Lipinski definition) is 2. The van der Waals surface area contributed by atoms with E-state index in [0.717, 1.165) is 6.42 Å². The van der Waals surface area contributed by atoms with Gasteiger partial charge in [0.05, 0.1) is 17.3 Å². The molecule has 0 fully saturated rings. The highest BCUT2D eigenvalue weighted by atomic mass is 35.5. The van der Waals surface area contributed by atoms with Crippen LogP contribution in [0, 0.1) is 0 Å². The Balaban J connectivity index is 2.68. The zero-order valence-electron chi connectivity index (χ0n) is 12.0. The molecule has 0 bridgehead atoms. The Morgan fingerprint density at radius 3 is 2.68 bits per heavy atom. The largest absolute Gasteiger partial charge is 0.399 e. The third kappa shape index (κ3) is 4.40. The summed E-state index contributed by atoms with van der Waals surface area (Å²) < 4.78 is 0. The number of benzene rings is 1. The first-order chi connectivity index (χ1) is 8.76. The number of carbonyl (C=O) groups is 1. The lowest BCUT2D eigenvalue weighted by atomic mass is 10.0. The molecular weight excluding hydrogens is 262 g/mol. The van der Waals surface area contributed by atoms with Gasteiger partial charge in [0.25, 0.3) is 0 Å².